The molecule has 0 aliphatic rings. The third-order valence-corrected chi connectivity index (χ3v) is 2.77. The number of hydrogen-bond acceptors (Lipinski definition) is 3. The first-order chi connectivity index (χ1) is 7.43. The molecule has 4 nitrogen and oxygen atoms in total. The molecule has 0 aliphatic carbocycles. The van der Waals surface area contributed by atoms with E-state index in [1.54, 1.807) is 7.11 Å². The monoisotopic (exact) mass is 230 g/mol. The van der Waals surface area contributed by atoms with E-state index < -0.39 is 0 Å². The molecule has 0 spiro atoms. The highest BCUT2D eigenvalue weighted by atomic mass is 16.5. The molecule has 0 aromatic rings. The Morgan fingerprint density at radius 1 is 1.50 bits per heavy atom. The van der Waals surface area contributed by atoms with Gasteiger partial charge >= 0.3 is 0 Å². The van der Waals surface area contributed by atoms with E-state index >= 15 is 0 Å². The second kappa shape index (κ2) is 7.63. The molecular formula is C12H26N2O2. The van der Waals surface area contributed by atoms with Gasteiger partial charge in [0, 0.05) is 26.2 Å². The number of hydrogen-bond donors (Lipinski definition) is 2. The van der Waals surface area contributed by atoms with Gasteiger partial charge in [0.2, 0.25) is 5.91 Å². The summed E-state index contributed by atoms with van der Waals surface area (Å²) in [6.45, 7) is 8.12. The Balaban J connectivity index is 3.89. The van der Waals surface area contributed by atoms with Gasteiger partial charge in [0.1, 0.15) is 0 Å². The van der Waals surface area contributed by atoms with Gasteiger partial charge in [-0.05, 0) is 24.8 Å². The van der Waals surface area contributed by atoms with Gasteiger partial charge in [-0.3, -0.25) is 4.79 Å². The van der Waals surface area contributed by atoms with Crippen molar-refractivity contribution in [1.82, 2.24) is 5.32 Å². The van der Waals surface area contributed by atoms with Crippen molar-refractivity contribution in [2.45, 2.75) is 33.6 Å². The summed E-state index contributed by atoms with van der Waals surface area (Å²) < 4.78 is 5.04. The second-order valence-corrected chi connectivity index (χ2v) is 5.10. The first kappa shape index (κ1) is 15.4. The van der Waals surface area contributed by atoms with E-state index in [1.165, 1.54) is 0 Å². The lowest BCUT2D eigenvalue weighted by Gasteiger charge is -2.25. The van der Waals surface area contributed by atoms with Crippen molar-refractivity contribution in [2.24, 2.45) is 17.1 Å². The van der Waals surface area contributed by atoms with Crippen LogP contribution in [-0.4, -0.2) is 32.7 Å². The van der Waals surface area contributed by atoms with Gasteiger partial charge in [-0.25, -0.2) is 0 Å². The first-order valence-electron chi connectivity index (χ1n) is 5.89. The maximum atomic E-state index is 11.7. The van der Waals surface area contributed by atoms with Crippen LogP contribution in [0.3, 0.4) is 0 Å². The molecule has 0 radical (unpaired) electrons. The number of amides is 1. The molecule has 0 aromatic heterocycles. The summed E-state index contributed by atoms with van der Waals surface area (Å²) in [5.41, 5.74) is 5.50. The maximum Gasteiger partial charge on any atom is 0.222 e. The van der Waals surface area contributed by atoms with E-state index in [1.807, 2.05) is 6.92 Å². The van der Waals surface area contributed by atoms with Crippen LogP contribution in [0.4, 0.5) is 0 Å². The summed E-state index contributed by atoms with van der Waals surface area (Å²) in [5.74, 6) is 0.0965. The van der Waals surface area contributed by atoms with Gasteiger partial charge in [0.15, 0.2) is 0 Å². The Morgan fingerprint density at radius 2 is 2.12 bits per heavy atom. The number of nitrogens with one attached hydrogen (secondary N) is 1. The van der Waals surface area contributed by atoms with Gasteiger partial charge in [0.25, 0.3) is 0 Å². The van der Waals surface area contributed by atoms with Gasteiger partial charge in [-0.2, -0.15) is 0 Å². The van der Waals surface area contributed by atoms with E-state index in [2.05, 4.69) is 19.2 Å². The van der Waals surface area contributed by atoms with Gasteiger partial charge < -0.3 is 15.8 Å². The quantitative estimate of drug-likeness (QED) is 0.657. The molecule has 1 atom stereocenters. The predicted octanol–water partition coefficient (Wildman–Crippen LogP) is 1.15. The van der Waals surface area contributed by atoms with Crippen LogP contribution >= 0.6 is 0 Å². The van der Waals surface area contributed by atoms with Crippen LogP contribution in [0.1, 0.15) is 33.6 Å². The molecule has 16 heavy (non-hydrogen) atoms. The molecule has 0 bridgehead atoms. The fraction of sp³-hybridized carbons (Fsp3) is 0.917. The molecule has 0 heterocycles. The standard InChI is InChI=1S/C12H26N2O2/c1-10(5-7-13)11(15)14-9-12(2,3)6-8-16-4/h10H,5-9,13H2,1-4H3,(H,14,15). The molecule has 3 N–H and O–H groups in total. The number of carbonyl (C=O) groups excluding carboxylic acids is 1. The van der Waals surface area contributed by atoms with Gasteiger partial charge in [-0.15, -0.1) is 0 Å². The highest BCUT2D eigenvalue weighted by Crippen LogP contribution is 2.18. The van der Waals surface area contributed by atoms with Gasteiger partial charge in [0.05, 0.1) is 0 Å². The van der Waals surface area contributed by atoms with Crippen LogP contribution in [0.25, 0.3) is 0 Å². The lowest BCUT2D eigenvalue weighted by atomic mass is 9.89. The minimum absolute atomic E-state index is 0.00299. The molecule has 0 rings (SSSR count). The van der Waals surface area contributed by atoms with Crippen LogP contribution in [0.5, 0.6) is 0 Å². The zero-order valence-electron chi connectivity index (χ0n) is 11.0. The highest BCUT2D eigenvalue weighted by Gasteiger charge is 2.20. The minimum Gasteiger partial charge on any atom is -0.385 e. The van der Waals surface area contributed by atoms with Crippen LogP contribution in [0, 0.1) is 11.3 Å². The fourth-order valence-electron chi connectivity index (χ4n) is 1.35. The Bertz CT molecular complexity index is 205. The predicted molar refractivity (Wildman–Crippen MR) is 66.1 cm³/mol. The van der Waals surface area contributed by atoms with Crippen molar-refractivity contribution < 1.29 is 9.53 Å². The third-order valence-electron chi connectivity index (χ3n) is 2.77. The second-order valence-electron chi connectivity index (χ2n) is 5.10. The summed E-state index contributed by atoms with van der Waals surface area (Å²) >= 11 is 0. The average Bonchev–Trinajstić information content (AvgIpc) is 2.23. The largest absolute Gasteiger partial charge is 0.385 e. The minimum atomic E-state index is 0.00299. The van der Waals surface area contributed by atoms with Crippen LogP contribution in [0.15, 0.2) is 0 Å². The molecule has 96 valence electrons. The van der Waals surface area contributed by atoms with Crippen molar-refractivity contribution in [3.63, 3.8) is 0 Å². The van der Waals surface area contributed by atoms with Gasteiger partial charge in [-0.1, -0.05) is 20.8 Å². The average molecular weight is 230 g/mol. The molecule has 0 fully saturated rings. The molecule has 0 saturated heterocycles. The molecular weight excluding hydrogens is 204 g/mol. The normalized spacial score (nSPS) is 13.6. The molecule has 1 amide bonds. The fourth-order valence-corrected chi connectivity index (χ4v) is 1.35. The number of carbonyl (C=O) groups is 1. The van der Waals surface area contributed by atoms with Crippen LogP contribution in [0.2, 0.25) is 0 Å². The lowest BCUT2D eigenvalue weighted by Crippen LogP contribution is -2.37. The zero-order chi connectivity index (χ0) is 12.6. The number of ether oxygens (including phenoxy) is 1. The summed E-state index contributed by atoms with van der Waals surface area (Å²) in [6.07, 6.45) is 1.68. The molecule has 0 saturated carbocycles. The van der Waals surface area contributed by atoms with E-state index in [0.717, 1.165) is 19.4 Å². The van der Waals surface area contributed by atoms with Crippen LogP contribution in [-0.2, 0) is 9.53 Å². The topological polar surface area (TPSA) is 64.3 Å². The Labute approximate surface area is 98.9 Å². The van der Waals surface area contributed by atoms with E-state index in [0.29, 0.717) is 13.1 Å². The Kier molecular flexibility index (Phi) is 7.34. The summed E-state index contributed by atoms with van der Waals surface area (Å²) in [6, 6.07) is 0. The van der Waals surface area contributed by atoms with E-state index in [9.17, 15) is 4.79 Å². The first-order valence-corrected chi connectivity index (χ1v) is 5.89. The Hall–Kier alpha value is -0.610. The van der Waals surface area contributed by atoms with E-state index in [4.69, 9.17) is 10.5 Å². The van der Waals surface area contributed by atoms with E-state index in [-0.39, 0.29) is 17.2 Å². The van der Waals surface area contributed by atoms with Crippen molar-refractivity contribution in [2.75, 3.05) is 26.8 Å². The van der Waals surface area contributed by atoms with Crippen molar-refractivity contribution >= 4 is 5.91 Å². The summed E-state index contributed by atoms with van der Waals surface area (Å²) in [5, 5.41) is 2.97. The number of nitrogens with two attached hydrogens (primary N) is 1. The molecule has 0 aliphatic heterocycles. The van der Waals surface area contributed by atoms with Crippen molar-refractivity contribution in [3.8, 4) is 0 Å². The number of methoxy groups -OCH3 is 1. The third kappa shape index (κ3) is 6.80. The smallest absolute Gasteiger partial charge is 0.222 e. The number of rotatable bonds is 8. The maximum absolute atomic E-state index is 11.7. The Morgan fingerprint density at radius 3 is 2.62 bits per heavy atom. The van der Waals surface area contributed by atoms with Crippen molar-refractivity contribution in [1.29, 1.82) is 0 Å². The highest BCUT2D eigenvalue weighted by molar-refractivity contribution is 5.78. The lowest BCUT2D eigenvalue weighted by molar-refractivity contribution is -0.125. The molecule has 4 heteroatoms. The molecule has 1 unspecified atom stereocenters. The zero-order valence-corrected chi connectivity index (χ0v) is 11.0. The summed E-state index contributed by atoms with van der Waals surface area (Å²) in [4.78, 5) is 11.7. The van der Waals surface area contributed by atoms with Crippen molar-refractivity contribution in [3.05, 3.63) is 0 Å². The SMILES string of the molecule is COCCC(C)(C)CNC(=O)C(C)CCN. The summed E-state index contributed by atoms with van der Waals surface area (Å²) in [7, 11) is 1.69. The van der Waals surface area contributed by atoms with Crippen LogP contribution < -0.4 is 11.1 Å². The molecule has 0 aromatic carbocycles.